The van der Waals surface area contributed by atoms with Crippen LogP contribution >= 0.6 is 11.3 Å². The van der Waals surface area contributed by atoms with Crippen LogP contribution in [-0.4, -0.2) is 14.5 Å². The number of aryl methyl sites for hydroxylation is 1. The molecule has 5 heteroatoms. The smallest absolute Gasteiger partial charge is 0.115 e. The SMILES string of the molecule is Cc1ncsc1Cn1c(C(C)(C)C)nc2cc(N)ccc21. The molecule has 2 aromatic heterocycles. The van der Waals surface area contributed by atoms with E-state index in [1.165, 1.54) is 4.88 Å². The molecule has 0 aliphatic carbocycles. The Labute approximate surface area is 128 Å². The molecule has 0 bridgehead atoms. The molecular weight excluding hydrogens is 280 g/mol. The van der Waals surface area contributed by atoms with Crippen LogP contribution in [0.1, 0.15) is 37.2 Å². The van der Waals surface area contributed by atoms with Gasteiger partial charge in [0.2, 0.25) is 0 Å². The number of nitrogens with zero attached hydrogens (tertiary/aromatic N) is 3. The molecule has 21 heavy (non-hydrogen) atoms. The van der Waals surface area contributed by atoms with Crippen LogP contribution in [0.2, 0.25) is 0 Å². The lowest BCUT2D eigenvalue weighted by Crippen LogP contribution is -2.19. The van der Waals surface area contributed by atoms with Crippen LogP contribution in [0.15, 0.2) is 23.7 Å². The topological polar surface area (TPSA) is 56.7 Å². The third-order valence-corrected chi connectivity index (χ3v) is 4.51. The average Bonchev–Trinajstić information content (AvgIpc) is 2.94. The standard InChI is InChI=1S/C16H20N4S/c1-10-14(21-9-18-10)8-20-13-6-5-11(17)7-12(13)19-15(20)16(2,3)4/h5-7,9H,8,17H2,1-4H3. The zero-order chi connectivity index (χ0) is 15.2. The van der Waals surface area contributed by atoms with E-state index in [-0.39, 0.29) is 5.41 Å². The van der Waals surface area contributed by atoms with Crippen molar-refractivity contribution in [1.82, 2.24) is 14.5 Å². The molecule has 2 heterocycles. The lowest BCUT2D eigenvalue weighted by atomic mass is 9.95. The van der Waals surface area contributed by atoms with E-state index in [0.29, 0.717) is 0 Å². The van der Waals surface area contributed by atoms with Crippen molar-refractivity contribution in [2.45, 2.75) is 39.7 Å². The summed E-state index contributed by atoms with van der Waals surface area (Å²) in [6.45, 7) is 9.43. The molecule has 2 N–H and O–H groups in total. The van der Waals surface area contributed by atoms with Crippen LogP contribution < -0.4 is 5.73 Å². The summed E-state index contributed by atoms with van der Waals surface area (Å²) in [7, 11) is 0. The van der Waals surface area contributed by atoms with Gasteiger partial charge in [-0.3, -0.25) is 0 Å². The molecule has 4 nitrogen and oxygen atoms in total. The zero-order valence-electron chi connectivity index (χ0n) is 12.8. The molecular formula is C16H20N4S. The monoisotopic (exact) mass is 300 g/mol. The van der Waals surface area contributed by atoms with Crippen molar-refractivity contribution in [2.24, 2.45) is 0 Å². The van der Waals surface area contributed by atoms with Gasteiger partial charge in [-0.1, -0.05) is 20.8 Å². The zero-order valence-corrected chi connectivity index (χ0v) is 13.7. The summed E-state index contributed by atoms with van der Waals surface area (Å²) in [5.41, 5.74) is 11.7. The van der Waals surface area contributed by atoms with Crippen LogP contribution in [0, 0.1) is 6.92 Å². The Bertz CT molecular complexity index is 792. The van der Waals surface area contributed by atoms with E-state index in [0.717, 1.165) is 34.8 Å². The second kappa shape index (κ2) is 4.84. The van der Waals surface area contributed by atoms with Crippen molar-refractivity contribution < 1.29 is 0 Å². The van der Waals surface area contributed by atoms with E-state index < -0.39 is 0 Å². The van der Waals surface area contributed by atoms with E-state index in [1.54, 1.807) is 11.3 Å². The summed E-state index contributed by atoms with van der Waals surface area (Å²) >= 11 is 1.69. The summed E-state index contributed by atoms with van der Waals surface area (Å²) in [4.78, 5) is 10.4. The Hall–Kier alpha value is -1.88. The number of rotatable bonds is 2. The minimum Gasteiger partial charge on any atom is -0.399 e. The normalized spacial score (nSPS) is 12.2. The van der Waals surface area contributed by atoms with Gasteiger partial charge < -0.3 is 10.3 Å². The molecule has 0 aliphatic rings. The van der Waals surface area contributed by atoms with Gasteiger partial charge in [-0.25, -0.2) is 9.97 Å². The highest BCUT2D eigenvalue weighted by atomic mass is 32.1. The summed E-state index contributed by atoms with van der Waals surface area (Å²) < 4.78 is 2.29. The van der Waals surface area contributed by atoms with Crippen molar-refractivity contribution in [3.63, 3.8) is 0 Å². The second-order valence-corrected chi connectivity index (χ2v) is 7.32. The summed E-state index contributed by atoms with van der Waals surface area (Å²) in [6.07, 6.45) is 0. The first-order chi connectivity index (χ1) is 9.86. The largest absolute Gasteiger partial charge is 0.399 e. The van der Waals surface area contributed by atoms with Crippen molar-refractivity contribution in [2.75, 3.05) is 5.73 Å². The van der Waals surface area contributed by atoms with Crippen molar-refractivity contribution >= 4 is 28.1 Å². The van der Waals surface area contributed by atoms with Crippen molar-refractivity contribution in [3.05, 3.63) is 40.1 Å². The number of thiazole rings is 1. The predicted molar refractivity (Wildman–Crippen MR) is 88.8 cm³/mol. The number of fused-ring (bicyclic) bond motifs is 1. The van der Waals surface area contributed by atoms with Crippen LogP contribution in [0.5, 0.6) is 0 Å². The Balaban J connectivity index is 2.20. The van der Waals surface area contributed by atoms with Gasteiger partial charge in [-0.2, -0.15) is 0 Å². The van der Waals surface area contributed by atoms with Crippen molar-refractivity contribution in [3.8, 4) is 0 Å². The number of aromatic nitrogens is 3. The summed E-state index contributed by atoms with van der Waals surface area (Å²) in [5, 5.41) is 0. The van der Waals surface area contributed by atoms with E-state index in [2.05, 4.69) is 43.3 Å². The lowest BCUT2D eigenvalue weighted by molar-refractivity contribution is 0.517. The molecule has 0 saturated carbocycles. The quantitative estimate of drug-likeness (QED) is 0.734. The van der Waals surface area contributed by atoms with Gasteiger partial charge in [0.1, 0.15) is 5.82 Å². The maximum Gasteiger partial charge on any atom is 0.115 e. The van der Waals surface area contributed by atoms with E-state index in [9.17, 15) is 0 Å². The van der Waals surface area contributed by atoms with Crippen molar-refractivity contribution in [1.29, 1.82) is 0 Å². The van der Waals surface area contributed by atoms with E-state index in [4.69, 9.17) is 10.7 Å². The molecule has 0 fully saturated rings. The molecule has 0 saturated heterocycles. The maximum absolute atomic E-state index is 5.90. The summed E-state index contributed by atoms with van der Waals surface area (Å²) in [5.74, 6) is 1.08. The average molecular weight is 300 g/mol. The highest BCUT2D eigenvalue weighted by Crippen LogP contribution is 2.29. The van der Waals surface area contributed by atoms with Crippen LogP contribution in [0.3, 0.4) is 0 Å². The van der Waals surface area contributed by atoms with Gasteiger partial charge in [0.15, 0.2) is 0 Å². The maximum atomic E-state index is 5.90. The van der Waals surface area contributed by atoms with E-state index >= 15 is 0 Å². The number of hydrogen-bond acceptors (Lipinski definition) is 4. The minimum absolute atomic E-state index is 0.0215. The molecule has 0 spiro atoms. The van der Waals surface area contributed by atoms with Gasteiger partial charge in [-0.05, 0) is 25.1 Å². The first-order valence-electron chi connectivity index (χ1n) is 7.01. The Morgan fingerprint density at radius 3 is 2.67 bits per heavy atom. The molecule has 0 unspecified atom stereocenters. The fraction of sp³-hybridized carbons (Fsp3) is 0.375. The van der Waals surface area contributed by atoms with Crippen LogP contribution in [0.4, 0.5) is 5.69 Å². The minimum atomic E-state index is -0.0215. The predicted octanol–water partition coefficient (Wildman–Crippen LogP) is 3.73. The molecule has 0 atom stereocenters. The molecule has 3 aromatic rings. The molecule has 0 aliphatic heterocycles. The first-order valence-corrected chi connectivity index (χ1v) is 7.89. The molecule has 110 valence electrons. The molecule has 3 rings (SSSR count). The lowest BCUT2D eigenvalue weighted by Gasteiger charge is -2.20. The Morgan fingerprint density at radius 1 is 1.29 bits per heavy atom. The highest BCUT2D eigenvalue weighted by molar-refractivity contribution is 7.09. The number of nitrogen functional groups attached to an aromatic ring is 1. The highest BCUT2D eigenvalue weighted by Gasteiger charge is 2.23. The molecule has 0 amide bonds. The number of hydrogen-bond donors (Lipinski definition) is 1. The van der Waals surface area contributed by atoms with Gasteiger partial charge >= 0.3 is 0 Å². The second-order valence-electron chi connectivity index (χ2n) is 6.38. The van der Waals surface area contributed by atoms with Gasteiger partial charge in [0, 0.05) is 16.0 Å². The molecule has 1 aromatic carbocycles. The summed E-state index contributed by atoms with van der Waals surface area (Å²) in [6, 6.07) is 5.94. The van der Waals surface area contributed by atoms with Gasteiger partial charge in [0.05, 0.1) is 28.8 Å². The number of imidazole rings is 1. The van der Waals surface area contributed by atoms with Crippen LogP contribution in [-0.2, 0) is 12.0 Å². The third kappa shape index (κ3) is 2.53. The fourth-order valence-corrected chi connectivity index (χ4v) is 3.27. The third-order valence-electron chi connectivity index (χ3n) is 3.59. The Kier molecular flexibility index (Phi) is 3.24. The van der Waals surface area contributed by atoms with Gasteiger partial charge in [-0.15, -0.1) is 11.3 Å². The van der Waals surface area contributed by atoms with Crippen LogP contribution in [0.25, 0.3) is 11.0 Å². The molecule has 0 radical (unpaired) electrons. The first kappa shape index (κ1) is 14.1. The number of benzene rings is 1. The van der Waals surface area contributed by atoms with E-state index in [1.807, 2.05) is 17.6 Å². The number of nitrogens with two attached hydrogens (primary N) is 1. The number of anilines is 1. The fourth-order valence-electron chi connectivity index (χ4n) is 2.50. The van der Waals surface area contributed by atoms with Gasteiger partial charge in [0.25, 0.3) is 0 Å². The Morgan fingerprint density at radius 2 is 2.05 bits per heavy atom.